The van der Waals surface area contributed by atoms with Gasteiger partial charge in [0.25, 0.3) is 5.56 Å². The van der Waals surface area contributed by atoms with Gasteiger partial charge in [-0.25, -0.2) is 4.99 Å². The Labute approximate surface area is 276 Å². The Bertz CT molecular complexity index is 2140. The van der Waals surface area contributed by atoms with Crippen molar-refractivity contribution in [2.75, 3.05) is 7.11 Å². The smallest absolute Gasteiger partial charge is 0.271 e. The van der Waals surface area contributed by atoms with E-state index in [-0.39, 0.29) is 18.2 Å². The lowest BCUT2D eigenvalue weighted by atomic mass is 9.83. The van der Waals surface area contributed by atoms with Gasteiger partial charge in [0.15, 0.2) is 16.3 Å². The SMILES string of the molecule is COc1cc(/C=c2\sc3n(c2=O)[C@@H](c2ccccc2)C2=C(N=3)c3ccccc3CC2)cc(Br)c1OCc1ccc(Cl)cc1Cl. The number of hydrogen-bond donors (Lipinski definition) is 0. The van der Waals surface area contributed by atoms with E-state index in [4.69, 9.17) is 37.7 Å². The molecule has 9 heteroatoms. The molecule has 4 aromatic carbocycles. The molecule has 0 saturated carbocycles. The number of methoxy groups -OCH3 is 1. The Morgan fingerprint density at radius 3 is 2.61 bits per heavy atom. The summed E-state index contributed by atoms with van der Waals surface area (Å²) in [6, 6.07) is 27.5. The maximum absolute atomic E-state index is 14.1. The molecule has 2 aliphatic rings. The minimum Gasteiger partial charge on any atom is -0.493 e. The van der Waals surface area contributed by atoms with Gasteiger partial charge in [-0.2, -0.15) is 0 Å². The first-order chi connectivity index (χ1) is 21.4. The van der Waals surface area contributed by atoms with E-state index in [1.807, 2.05) is 47.0 Å². The van der Waals surface area contributed by atoms with Crippen LogP contribution in [0.4, 0.5) is 0 Å². The number of fused-ring (bicyclic) bond motifs is 3. The van der Waals surface area contributed by atoms with Crippen LogP contribution < -0.4 is 24.4 Å². The average Bonchev–Trinajstić information content (AvgIpc) is 3.34. The van der Waals surface area contributed by atoms with E-state index in [0.717, 1.165) is 40.8 Å². The van der Waals surface area contributed by atoms with Crippen LogP contribution in [0.1, 0.15) is 40.3 Å². The largest absolute Gasteiger partial charge is 0.493 e. The minimum absolute atomic E-state index is 0.0687. The van der Waals surface area contributed by atoms with Crippen LogP contribution in [0.15, 0.2) is 105 Å². The summed E-state index contributed by atoms with van der Waals surface area (Å²) in [5.74, 6) is 1.06. The topological polar surface area (TPSA) is 52.8 Å². The lowest BCUT2D eigenvalue weighted by molar-refractivity contribution is 0.282. The number of aromatic nitrogens is 1. The molecule has 0 N–H and O–H groups in total. The fraction of sp³-hybridized carbons (Fsp3) is 0.143. The molecule has 2 heterocycles. The summed E-state index contributed by atoms with van der Waals surface area (Å²) in [6.07, 6.45) is 3.66. The zero-order valence-corrected chi connectivity index (χ0v) is 27.4. The Morgan fingerprint density at radius 2 is 1.82 bits per heavy atom. The number of benzene rings is 4. The molecule has 0 radical (unpaired) electrons. The van der Waals surface area contributed by atoms with Crippen molar-refractivity contribution in [1.29, 1.82) is 0 Å². The highest BCUT2D eigenvalue weighted by Crippen LogP contribution is 2.41. The zero-order chi connectivity index (χ0) is 30.4. The molecule has 0 amide bonds. The van der Waals surface area contributed by atoms with Crippen LogP contribution >= 0.6 is 50.5 Å². The quantitative estimate of drug-likeness (QED) is 0.180. The summed E-state index contributed by atoms with van der Waals surface area (Å²) in [7, 11) is 1.59. The lowest BCUT2D eigenvalue weighted by Gasteiger charge is -2.30. The van der Waals surface area contributed by atoms with Gasteiger partial charge in [-0.15, -0.1) is 0 Å². The van der Waals surface area contributed by atoms with E-state index < -0.39 is 0 Å². The van der Waals surface area contributed by atoms with Gasteiger partial charge in [0.2, 0.25) is 0 Å². The van der Waals surface area contributed by atoms with Crippen LogP contribution in [0.2, 0.25) is 10.0 Å². The Morgan fingerprint density at radius 1 is 1.02 bits per heavy atom. The van der Waals surface area contributed by atoms with Crippen LogP contribution in [0, 0.1) is 0 Å². The summed E-state index contributed by atoms with van der Waals surface area (Å²) < 4.78 is 14.9. The van der Waals surface area contributed by atoms with E-state index in [1.165, 1.54) is 22.5 Å². The van der Waals surface area contributed by atoms with Crippen LogP contribution in [0.25, 0.3) is 11.8 Å². The second-order valence-electron chi connectivity index (χ2n) is 10.6. The summed E-state index contributed by atoms with van der Waals surface area (Å²) in [5, 5.41) is 1.09. The molecule has 5 aromatic rings. The minimum atomic E-state index is -0.213. The van der Waals surface area contributed by atoms with Crippen molar-refractivity contribution in [2.24, 2.45) is 4.99 Å². The summed E-state index contributed by atoms with van der Waals surface area (Å²) in [6.45, 7) is 0.232. The summed E-state index contributed by atoms with van der Waals surface area (Å²) in [4.78, 5) is 19.9. The number of halogens is 3. The van der Waals surface area contributed by atoms with Gasteiger partial charge in [-0.1, -0.05) is 95.2 Å². The molecule has 1 aromatic heterocycles. The standard InChI is InChI=1S/C35H25BrCl2N2O3S/c1-42-29-16-20(15-27(36)33(29)43-19-23-11-13-24(37)18-28(23)38)17-30-34(41)40-32(22-8-3-2-4-9-22)26-14-12-21-7-5-6-10-25(21)31(26)39-35(40)44-30/h2-11,13,15-18,32H,12,14,19H2,1H3/b30-17-/t32-/m0/s1. The lowest BCUT2D eigenvalue weighted by Crippen LogP contribution is -2.38. The molecule has 5 nitrogen and oxygen atoms in total. The van der Waals surface area contributed by atoms with Crippen molar-refractivity contribution < 1.29 is 9.47 Å². The normalized spacial score (nSPS) is 15.7. The van der Waals surface area contributed by atoms with Gasteiger partial charge >= 0.3 is 0 Å². The first-order valence-corrected chi connectivity index (χ1v) is 16.4. The molecular weight excluding hydrogens is 679 g/mol. The van der Waals surface area contributed by atoms with E-state index in [2.05, 4.69) is 52.3 Å². The number of allylic oxidation sites excluding steroid dienone is 1. The third-order valence-electron chi connectivity index (χ3n) is 7.92. The predicted octanol–water partition coefficient (Wildman–Crippen LogP) is 7.98. The molecule has 7 rings (SSSR count). The molecule has 44 heavy (non-hydrogen) atoms. The van der Waals surface area contributed by atoms with Crippen molar-refractivity contribution >= 4 is 62.2 Å². The second kappa shape index (κ2) is 12.1. The summed E-state index contributed by atoms with van der Waals surface area (Å²) >= 11 is 17.4. The van der Waals surface area contributed by atoms with Gasteiger partial charge in [0, 0.05) is 21.2 Å². The molecule has 0 bridgehead atoms. The fourth-order valence-corrected chi connectivity index (χ4v) is 7.90. The average molecular weight is 704 g/mol. The predicted molar refractivity (Wildman–Crippen MR) is 181 cm³/mol. The van der Waals surface area contributed by atoms with Crippen molar-refractivity contribution in [3.63, 3.8) is 0 Å². The van der Waals surface area contributed by atoms with Gasteiger partial charge in [-0.3, -0.25) is 9.36 Å². The highest BCUT2D eigenvalue weighted by molar-refractivity contribution is 9.10. The molecule has 1 aliphatic carbocycles. The van der Waals surface area contributed by atoms with E-state index in [9.17, 15) is 4.79 Å². The first kappa shape index (κ1) is 29.1. The van der Waals surface area contributed by atoms with Crippen molar-refractivity contribution in [3.8, 4) is 11.5 Å². The molecule has 1 aliphatic heterocycles. The van der Waals surface area contributed by atoms with Crippen molar-refractivity contribution in [2.45, 2.75) is 25.5 Å². The Hall–Kier alpha value is -3.62. The number of ether oxygens (including phenoxy) is 2. The highest BCUT2D eigenvalue weighted by atomic mass is 79.9. The molecule has 220 valence electrons. The number of nitrogens with zero attached hydrogens (tertiary/aromatic N) is 2. The maximum atomic E-state index is 14.1. The van der Waals surface area contributed by atoms with Crippen LogP contribution in [-0.2, 0) is 13.0 Å². The van der Waals surface area contributed by atoms with Crippen LogP contribution in [0.3, 0.4) is 0 Å². The third kappa shape index (κ3) is 5.32. The maximum Gasteiger partial charge on any atom is 0.271 e. The first-order valence-electron chi connectivity index (χ1n) is 14.0. The monoisotopic (exact) mass is 702 g/mol. The number of thiazole rings is 1. The van der Waals surface area contributed by atoms with Crippen molar-refractivity contribution in [1.82, 2.24) is 4.57 Å². The van der Waals surface area contributed by atoms with E-state index >= 15 is 0 Å². The van der Waals surface area contributed by atoms with Gasteiger partial charge < -0.3 is 9.47 Å². The van der Waals surface area contributed by atoms with Gasteiger partial charge in [0.05, 0.1) is 27.9 Å². The number of hydrogen-bond acceptors (Lipinski definition) is 5. The molecule has 0 fully saturated rings. The van der Waals surface area contributed by atoms with E-state index in [0.29, 0.717) is 35.4 Å². The molecule has 0 spiro atoms. The van der Waals surface area contributed by atoms with Crippen LogP contribution in [-0.4, -0.2) is 11.7 Å². The Kier molecular flexibility index (Phi) is 7.97. The molecule has 1 atom stereocenters. The Balaban J connectivity index is 1.31. The van der Waals surface area contributed by atoms with Crippen molar-refractivity contribution in [3.05, 3.63) is 153 Å². The van der Waals surface area contributed by atoms with Gasteiger partial charge in [-0.05, 0) is 81.4 Å². The van der Waals surface area contributed by atoms with Gasteiger partial charge in [0.1, 0.15) is 6.61 Å². The molecular formula is C35H25BrCl2N2O3S. The third-order valence-corrected chi connectivity index (χ3v) is 10.1. The van der Waals surface area contributed by atoms with E-state index in [1.54, 1.807) is 19.2 Å². The number of rotatable bonds is 6. The highest BCUT2D eigenvalue weighted by Gasteiger charge is 2.32. The van der Waals surface area contributed by atoms with Crippen LogP contribution in [0.5, 0.6) is 11.5 Å². The summed E-state index contributed by atoms with van der Waals surface area (Å²) in [5.41, 5.74) is 7.21. The zero-order valence-electron chi connectivity index (χ0n) is 23.5. The fourth-order valence-electron chi connectivity index (χ4n) is 5.86. The number of aryl methyl sites for hydroxylation is 1. The second-order valence-corrected chi connectivity index (χ2v) is 13.3. The molecule has 0 saturated heterocycles. The molecule has 0 unspecified atom stereocenters.